The molecule has 0 spiro atoms. The fourth-order valence-electron chi connectivity index (χ4n) is 1.99. The van der Waals surface area contributed by atoms with Gasteiger partial charge < -0.3 is 15.2 Å². The first-order valence-corrected chi connectivity index (χ1v) is 7.16. The molecule has 0 aliphatic carbocycles. The van der Waals surface area contributed by atoms with E-state index in [0.29, 0.717) is 13.0 Å². The van der Waals surface area contributed by atoms with Crippen molar-refractivity contribution >= 4 is 11.9 Å². The second-order valence-corrected chi connectivity index (χ2v) is 5.34. The van der Waals surface area contributed by atoms with Crippen molar-refractivity contribution in [1.82, 2.24) is 5.32 Å². The number of benzene rings is 1. The number of carbonyl (C=O) groups is 2. The molecule has 1 aromatic carbocycles. The van der Waals surface area contributed by atoms with E-state index in [4.69, 9.17) is 9.84 Å². The van der Waals surface area contributed by atoms with Gasteiger partial charge in [0, 0.05) is 0 Å². The first-order chi connectivity index (χ1) is 9.92. The van der Waals surface area contributed by atoms with Gasteiger partial charge in [0.25, 0.3) is 0 Å². The van der Waals surface area contributed by atoms with Crippen molar-refractivity contribution in [2.24, 2.45) is 5.92 Å². The number of ether oxygens (including phenoxy) is 1. The van der Waals surface area contributed by atoms with Crippen molar-refractivity contribution in [2.45, 2.75) is 39.7 Å². The lowest BCUT2D eigenvalue weighted by atomic mass is 10.0. The predicted molar refractivity (Wildman–Crippen MR) is 80.3 cm³/mol. The Labute approximate surface area is 125 Å². The van der Waals surface area contributed by atoms with E-state index in [2.05, 4.69) is 5.32 Å². The van der Waals surface area contributed by atoms with Crippen LogP contribution in [0.4, 0.5) is 0 Å². The molecular formula is C16H23NO4. The highest BCUT2D eigenvalue weighted by Gasteiger charge is 2.20. The van der Waals surface area contributed by atoms with Crippen LogP contribution in [-0.2, 0) is 16.0 Å². The van der Waals surface area contributed by atoms with Crippen LogP contribution in [-0.4, -0.2) is 29.6 Å². The molecule has 5 heteroatoms. The Morgan fingerprint density at radius 3 is 2.33 bits per heavy atom. The van der Waals surface area contributed by atoms with E-state index in [9.17, 15) is 9.59 Å². The van der Waals surface area contributed by atoms with E-state index in [-0.39, 0.29) is 18.2 Å². The van der Waals surface area contributed by atoms with Crippen LogP contribution in [0.2, 0.25) is 0 Å². The number of carbonyl (C=O) groups excluding carboxylic acids is 1. The fourth-order valence-corrected chi connectivity index (χ4v) is 1.99. The van der Waals surface area contributed by atoms with Crippen LogP contribution < -0.4 is 10.1 Å². The molecular weight excluding hydrogens is 270 g/mol. The molecule has 1 rings (SSSR count). The molecule has 0 radical (unpaired) electrons. The summed E-state index contributed by atoms with van der Waals surface area (Å²) < 4.78 is 5.33. The van der Waals surface area contributed by atoms with Crippen LogP contribution >= 0.6 is 0 Å². The van der Waals surface area contributed by atoms with Crippen LogP contribution in [0.1, 0.15) is 32.8 Å². The number of hydrogen-bond acceptors (Lipinski definition) is 3. The molecule has 0 unspecified atom stereocenters. The second-order valence-electron chi connectivity index (χ2n) is 5.34. The van der Waals surface area contributed by atoms with Gasteiger partial charge in [-0.3, -0.25) is 4.79 Å². The van der Waals surface area contributed by atoms with E-state index < -0.39 is 12.0 Å². The Bertz CT molecular complexity index is 468. The highest BCUT2D eigenvalue weighted by atomic mass is 16.5. The molecule has 0 aliphatic heterocycles. The number of rotatable bonds is 8. The summed E-state index contributed by atoms with van der Waals surface area (Å²) in [5, 5.41) is 11.7. The lowest BCUT2D eigenvalue weighted by Gasteiger charge is -2.16. The normalized spacial score (nSPS) is 12.0. The number of amides is 1. The monoisotopic (exact) mass is 293 g/mol. The summed E-state index contributed by atoms with van der Waals surface area (Å²) in [6.07, 6.45) is 0.582. The van der Waals surface area contributed by atoms with Gasteiger partial charge in [-0.15, -0.1) is 0 Å². The molecule has 0 aromatic heterocycles. The van der Waals surface area contributed by atoms with Gasteiger partial charge in [-0.2, -0.15) is 0 Å². The molecule has 0 heterocycles. The Hall–Kier alpha value is -2.04. The van der Waals surface area contributed by atoms with Crippen molar-refractivity contribution in [3.05, 3.63) is 29.8 Å². The minimum Gasteiger partial charge on any atom is -0.494 e. The molecule has 0 saturated heterocycles. The topological polar surface area (TPSA) is 75.6 Å². The van der Waals surface area contributed by atoms with Gasteiger partial charge in [-0.1, -0.05) is 26.0 Å². The van der Waals surface area contributed by atoms with Crippen LogP contribution in [0.5, 0.6) is 5.75 Å². The molecule has 1 amide bonds. The Morgan fingerprint density at radius 1 is 1.24 bits per heavy atom. The first-order valence-electron chi connectivity index (χ1n) is 7.16. The number of carboxylic acids is 1. The lowest BCUT2D eigenvalue weighted by Crippen LogP contribution is -2.42. The number of hydrogen-bond donors (Lipinski definition) is 2. The lowest BCUT2D eigenvalue weighted by molar-refractivity contribution is -0.142. The standard InChI is InChI=1S/C16H23NO4/c1-4-21-13-7-5-12(6-8-13)10-15(18)17-14(16(19)20)9-11(2)3/h5-8,11,14H,4,9-10H2,1-3H3,(H,17,18)(H,19,20)/t14-/m0/s1. The van der Waals surface area contributed by atoms with Crippen LogP contribution in [0, 0.1) is 5.92 Å². The van der Waals surface area contributed by atoms with Gasteiger partial charge in [0.1, 0.15) is 11.8 Å². The molecule has 5 nitrogen and oxygen atoms in total. The number of aliphatic carboxylic acids is 1. The molecule has 1 aromatic rings. The maximum atomic E-state index is 11.9. The average Bonchev–Trinajstić information content (AvgIpc) is 2.40. The Kier molecular flexibility index (Phi) is 6.72. The second kappa shape index (κ2) is 8.29. The van der Waals surface area contributed by atoms with Crippen LogP contribution in [0.25, 0.3) is 0 Å². The van der Waals surface area contributed by atoms with Gasteiger partial charge in [0.15, 0.2) is 0 Å². The minimum atomic E-state index is -0.997. The molecule has 116 valence electrons. The third-order valence-corrected chi connectivity index (χ3v) is 2.94. The van der Waals surface area contributed by atoms with Gasteiger partial charge in [-0.05, 0) is 37.0 Å². The number of nitrogens with one attached hydrogen (secondary N) is 1. The van der Waals surface area contributed by atoms with Crippen molar-refractivity contribution in [2.75, 3.05) is 6.61 Å². The maximum absolute atomic E-state index is 11.9. The average molecular weight is 293 g/mol. The van der Waals surface area contributed by atoms with E-state index in [1.165, 1.54) is 0 Å². The summed E-state index contributed by atoms with van der Waals surface area (Å²) in [7, 11) is 0. The molecule has 0 bridgehead atoms. The highest BCUT2D eigenvalue weighted by Crippen LogP contribution is 2.13. The predicted octanol–water partition coefficient (Wildman–Crippen LogP) is 2.24. The zero-order valence-electron chi connectivity index (χ0n) is 12.8. The maximum Gasteiger partial charge on any atom is 0.326 e. The molecule has 2 N–H and O–H groups in total. The minimum absolute atomic E-state index is 0.161. The SMILES string of the molecule is CCOc1ccc(CC(=O)N[C@@H](CC(C)C)C(=O)O)cc1. The third kappa shape index (κ3) is 6.29. The summed E-state index contributed by atoms with van der Waals surface area (Å²) in [5.41, 5.74) is 0.824. The molecule has 0 aliphatic rings. The van der Waals surface area contributed by atoms with E-state index in [0.717, 1.165) is 11.3 Å². The van der Waals surface area contributed by atoms with Crippen molar-refractivity contribution < 1.29 is 19.4 Å². The molecule has 0 fully saturated rings. The molecule has 0 saturated carbocycles. The van der Waals surface area contributed by atoms with Crippen LogP contribution in [0.15, 0.2) is 24.3 Å². The Balaban J connectivity index is 2.57. The fraction of sp³-hybridized carbons (Fsp3) is 0.500. The van der Waals surface area contributed by atoms with Crippen molar-refractivity contribution in [3.63, 3.8) is 0 Å². The summed E-state index contributed by atoms with van der Waals surface area (Å²) in [5.74, 6) is -0.322. The summed E-state index contributed by atoms with van der Waals surface area (Å²) >= 11 is 0. The van der Waals surface area contributed by atoms with Crippen molar-refractivity contribution in [3.8, 4) is 5.75 Å². The summed E-state index contributed by atoms with van der Waals surface area (Å²) in [6.45, 7) is 6.35. The molecule has 1 atom stereocenters. The summed E-state index contributed by atoms with van der Waals surface area (Å²) in [4.78, 5) is 23.0. The summed E-state index contributed by atoms with van der Waals surface area (Å²) in [6, 6.07) is 6.38. The number of carboxylic acid groups (broad SMARTS) is 1. The smallest absolute Gasteiger partial charge is 0.326 e. The van der Waals surface area contributed by atoms with Crippen LogP contribution in [0.3, 0.4) is 0 Å². The van der Waals surface area contributed by atoms with E-state index >= 15 is 0 Å². The Morgan fingerprint density at radius 2 is 1.86 bits per heavy atom. The largest absolute Gasteiger partial charge is 0.494 e. The first kappa shape index (κ1) is 17.0. The van der Waals surface area contributed by atoms with E-state index in [1.807, 2.05) is 32.9 Å². The zero-order valence-corrected chi connectivity index (χ0v) is 12.8. The quantitative estimate of drug-likeness (QED) is 0.770. The van der Waals surface area contributed by atoms with Gasteiger partial charge >= 0.3 is 5.97 Å². The highest BCUT2D eigenvalue weighted by molar-refractivity contribution is 5.84. The van der Waals surface area contributed by atoms with Gasteiger partial charge in [0.2, 0.25) is 5.91 Å². The zero-order chi connectivity index (χ0) is 15.8. The van der Waals surface area contributed by atoms with Gasteiger partial charge in [-0.25, -0.2) is 4.79 Å². The molecule has 21 heavy (non-hydrogen) atoms. The third-order valence-electron chi connectivity index (χ3n) is 2.94. The van der Waals surface area contributed by atoms with E-state index in [1.54, 1.807) is 12.1 Å². The van der Waals surface area contributed by atoms with Crippen molar-refractivity contribution in [1.29, 1.82) is 0 Å². The van der Waals surface area contributed by atoms with Gasteiger partial charge in [0.05, 0.1) is 13.0 Å².